The van der Waals surface area contributed by atoms with Gasteiger partial charge in [0.1, 0.15) is 0 Å². The first-order valence-corrected chi connectivity index (χ1v) is 6.04. The molecule has 1 saturated heterocycles. The van der Waals surface area contributed by atoms with E-state index in [-0.39, 0.29) is 0 Å². The Morgan fingerprint density at radius 2 is 2.00 bits per heavy atom. The number of aliphatic hydroxyl groups is 1. The van der Waals surface area contributed by atoms with Crippen molar-refractivity contribution in [3.8, 4) is 6.07 Å². The molecule has 5 nitrogen and oxygen atoms in total. The molecule has 2 rings (SSSR count). The number of nitriles is 1. The van der Waals surface area contributed by atoms with Gasteiger partial charge in [0.15, 0.2) is 0 Å². The number of aliphatic hydroxyl groups excluding tert-OH is 1. The second-order valence-corrected chi connectivity index (χ2v) is 4.21. The van der Waals surface area contributed by atoms with Crippen molar-refractivity contribution in [2.24, 2.45) is 0 Å². The van der Waals surface area contributed by atoms with E-state index in [1.54, 1.807) is 24.3 Å². The van der Waals surface area contributed by atoms with Gasteiger partial charge in [-0.05, 0) is 17.7 Å². The summed E-state index contributed by atoms with van der Waals surface area (Å²) in [7, 11) is 0. The Hall–Kier alpha value is -1.45. The number of nitrogens with one attached hydrogen (secondary N) is 1. The molecule has 0 aromatic heterocycles. The molecule has 1 fully saturated rings. The van der Waals surface area contributed by atoms with Crippen molar-refractivity contribution in [1.82, 2.24) is 10.4 Å². The molecule has 1 aromatic rings. The highest BCUT2D eigenvalue weighted by atomic mass is 16.5. The molecule has 18 heavy (non-hydrogen) atoms. The summed E-state index contributed by atoms with van der Waals surface area (Å²) < 4.78 is 5.24. The molecule has 0 spiro atoms. The van der Waals surface area contributed by atoms with Gasteiger partial charge in [0.25, 0.3) is 0 Å². The Bertz CT molecular complexity index is 407. The Balaban J connectivity index is 1.83. The Kier molecular flexibility index (Phi) is 4.67. The summed E-state index contributed by atoms with van der Waals surface area (Å²) in [5.41, 5.74) is 4.61. The van der Waals surface area contributed by atoms with Gasteiger partial charge in [-0.25, -0.2) is 5.01 Å². The molecule has 1 heterocycles. The highest BCUT2D eigenvalue weighted by Crippen LogP contribution is 2.12. The summed E-state index contributed by atoms with van der Waals surface area (Å²) in [6.45, 7) is 3.58. The van der Waals surface area contributed by atoms with Gasteiger partial charge in [-0.15, -0.1) is 0 Å². The quantitative estimate of drug-likeness (QED) is 0.807. The Morgan fingerprint density at radius 3 is 2.61 bits per heavy atom. The average molecular weight is 247 g/mol. The van der Waals surface area contributed by atoms with Gasteiger partial charge in [0.2, 0.25) is 0 Å². The summed E-state index contributed by atoms with van der Waals surface area (Å²) in [4.78, 5) is 0. The average Bonchev–Trinajstić information content (AvgIpc) is 2.46. The summed E-state index contributed by atoms with van der Waals surface area (Å²) in [5, 5.41) is 20.8. The Morgan fingerprint density at radius 1 is 1.33 bits per heavy atom. The zero-order valence-corrected chi connectivity index (χ0v) is 10.2. The van der Waals surface area contributed by atoms with Crippen LogP contribution in [0.5, 0.6) is 0 Å². The van der Waals surface area contributed by atoms with Crippen LogP contribution in [-0.4, -0.2) is 43.0 Å². The topological polar surface area (TPSA) is 68.5 Å². The second-order valence-electron chi connectivity index (χ2n) is 4.21. The molecule has 0 radical (unpaired) electrons. The lowest BCUT2D eigenvalue weighted by molar-refractivity contribution is 0.00312. The fourth-order valence-corrected chi connectivity index (χ4v) is 1.83. The lowest BCUT2D eigenvalue weighted by Gasteiger charge is -2.28. The van der Waals surface area contributed by atoms with Crippen molar-refractivity contribution in [3.63, 3.8) is 0 Å². The van der Waals surface area contributed by atoms with Gasteiger partial charge in [-0.1, -0.05) is 12.1 Å². The summed E-state index contributed by atoms with van der Waals surface area (Å²) in [6.07, 6.45) is -0.569. The van der Waals surface area contributed by atoms with Crippen LogP contribution >= 0.6 is 0 Å². The van der Waals surface area contributed by atoms with Crippen LogP contribution in [0.4, 0.5) is 0 Å². The van der Waals surface area contributed by atoms with Crippen LogP contribution in [-0.2, 0) is 4.74 Å². The molecule has 0 bridgehead atoms. The Labute approximate surface area is 107 Å². The minimum atomic E-state index is -0.569. The monoisotopic (exact) mass is 247 g/mol. The maximum atomic E-state index is 10.0. The van der Waals surface area contributed by atoms with Crippen LogP contribution in [0, 0.1) is 11.3 Å². The summed E-state index contributed by atoms with van der Waals surface area (Å²) in [5.74, 6) is 0. The number of benzene rings is 1. The van der Waals surface area contributed by atoms with E-state index in [0.717, 1.165) is 31.9 Å². The maximum Gasteiger partial charge on any atom is 0.0991 e. The normalized spacial score (nSPS) is 18.2. The highest BCUT2D eigenvalue weighted by molar-refractivity contribution is 5.32. The van der Waals surface area contributed by atoms with E-state index < -0.39 is 6.10 Å². The summed E-state index contributed by atoms with van der Waals surface area (Å²) >= 11 is 0. The lowest BCUT2D eigenvalue weighted by atomic mass is 10.1. The fourth-order valence-electron chi connectivity index (χ4n) is 1.83. The number of ether oxygens (including phenoxy) is 1. The van der Waals surface area contributed by atoms with E-state index in [9.17, 15) is 5.11 Å². The van der Waals surface area contributed by atoms with Crippen molar-refractivity contribution in [1.29, 1.82) is 5.26 Å². The van der Waals surface area contributed by atoms with Crippen LogP contribution in [0.3, 0.4) is 0 Å². The van der Waals surface area contributed by atoms with Gasteiger partial charge in [-0.3, -0.25) is 5.43 Å². The molecule has 5 heteroatoms. The van der Waals surface area contributed by atoms with Crippen LogP contribution in [0.25, 0.3) is 0 Å². The van der Waals surface area contributed by atoms with Crippen LogP contribution in [0.2, 0.25) is 0 Å². The van der Waals surface area contributed by atoms with E-state index >= 15 is 0 Å². The molecule has 96 valence electrons. The van der Waals surface area contributed by atoms with Crippen molar-refractivity contribution in [2.45, 2.75) is 6.10 Å². The fraction of sp³-hybridized carbons (Fsp3) is 0.462. The molecule has 1 aromatic carbocycles. The zero-order valence-electron chi connectivity index (χ0n) is 10.2. The predicted molar refractivity (Wildman–Crippen MR) is 66.5 cm³/mol. The standard InChI is InChI=1S/C13H17N3O2/c14-9-11-1-3-12(4-2-11)13(17)10-15-16-5-7-18-8-6-16/h1-4,13,15,17H,5-8,10H2. The van der Waals surface area contributed by atoms with Crippen molar-refractivity contribution >= 4 is 0 Å². The molecule has 1 unspecified atom stereocenters. The highest BCUT2D eigenvalue weighted by Gasteiger charge is 2.12. The molecule has 0 amide bonds. The third kappa shape index (κ3) is 3.52. The maximum absolute atomic E-state index is 10.0. The van der Waals surface area contributed by atoms with Gasteiger partial charge in [0, 0.05) is 19.6 Å². The summed E-state index contributed by atoms with van der Waals surface area (Å²) in [6, 6.07) is 9.05. The number of hydrogen-bond acceptors (Lipinski definition) is 5. The van der Waals surface area contributed by atoms with E-state index in [1.165, 1.54) is 0 Å². The van der Waals surface area contributed by atoms with Crippen LogP contribution < -0.4 is 5.43 Å². The minimum Gasteiger partial charge on any atom is -0.387 e. The first kappa shape index (κ1) is 13.0. The van der Waals surface area contributed by atoms with Crippen molar-refractivity contribution in [2.75, 3.05) is 32.8 Å². The van der Waals surface area contributed by atoms with Gasteiger partial charge >= 0.3 is 0 Å². The number of morpholine rings is 1. The van der Waals surface area contributed by atoms with Crippen LogP contribution in [0.1, 0.15) is 17.2 Å². The van der Waals surface area contributed by atoms with E-state index in [2.05, 4.69) is 16.5 Å². The van der Waals surface area contributed by atoms with Gasteiger partial charge < -0.3 is 9.84 Å². The number of hydrazine groups is 1. The molecule has 0 saturated carbocycles. The largest absolute Gasteiger partial charge is 0.387 e. The van der Waals surface area contributed by atoms with Gasteiger partial charge in [0.05, 0.1) is 31.0 Å². The van der Waals surface area contributed by atoms with Crippen molar-refractivity contribution in [3.05, 3.63) is 35.4 Å². The van der Waals surface area contributed by atoms with E-state index in [1.807, 2.05) is 0 Å². The van der Waals surface area contributed by atoms with Gasteiger partial charge in [-0.2, -0.15) is 5.26 Å². The van der Waals surface area contributed by atoms with Crippen molar-refractivity contribution < 1.29 is 9.84 Å². The molecule has 0 aliphatic carbocycles. The van der Waals surface area contributed by atoms with E-state index in [0.29, 0.717) is 12.1 Å². The molecule has 1 aliphatic rings. The number of rotatable bonds is 4. The second kappa shape index (κ2) is 6.47. The third-order valence-corrected chi connectivity index (χ3v) is 2.94. The zero-order chi connectivity index (χ0) is 12.8. The smallest absolute Gasteiger partial charge is 0.0991 e. The third-order valence-electron chi connectivity index (χ3n) is 2.94. The van der Waals surface area contributed by atoms with Crippen LogP contribution in [0.15, 0.2) is 24.3 Å². The van der Waals surface area contributed by atoms with E-state index in [4.69, 9.17) is 10.00 Å². The molecule has 1 aliphatic heterocycles. The molecular formula is C13H17N3O2. The molecular weight excluding hydrogens is 230 g/mol. The number of hydrogen-bond donors (Lipinski definition) is 2. The SMILES string of the molecule is N#Cc1ccc(C(O)CNN2CCOCC2)cc1. The molecule has 1 atom stereocenters. The predicted octanol–water partition coefficient (Wildman–Crippen LogP) is 0.428. The lowest BCUT2D eigenvalue weighted by Crippen LogP contribution is -2.47. The first-order valence-electron chi connectivity index (χ1n) is 6.04. The minimum absolute atomic E-state index is 0.464. The first-order chi connectivity index (χ1) is 8.79. The number of nitrogens with zero attached hydrogens (tertiary/aromatic N) is 2. The molecule has 2 N–H and O–H groups in total.